The lowest BCUT2D eigenvalue weighted by atomic mass is 9.93. The molecule has 0 aromatic carbocycles. The number of amides is 1. The second-order valence-corrected chi connectivity index (χ2v) is 4.96. The molecule has 1 aliphatic rings. The molecule has 1 aromatic rings. The first kappa shape index (κ1) is 13.1. The number of carbonyl (C=O) groups is 1. The van der Waals surface area contributed by atoms with Crippen molar-refractivity contribution in [2.75, 3.05) is 5.73 Å². The zero-order valence-electron chi connectivity index (χ0n) is 9.90. The van der Waals surface area contributed by atoms with Gasteiger partial charge in [0.2, 0.25) is 0 Å². The van der Waals surface area contributed by atoms with Crippen molar-refractivity contribution in [1.82, 2.24) is 10.3 Å². The van der Waals surface area contributed by atoms with E-state index in [0.29, 0.717) is 11.3 Å². The van der Waals surface area contributed by atoms with Crippen LogP contribution >= 0.6 is 11.6 Å². The van der Waals surface area contributed by atoms with Crippen LogP contribution in [-0.4, -0.2) is 28.1 Å². The number of rotatable bonds is 2. The molecule has 1 aliphatic carbocycles. The van der Waals surface area contributed by atoms with Crippen LogP contribution in [0.5, 0.6) is 0 Å². The van der Waals surface area contributed by atoms with Gasteiger partial charge in [0.15, 0.2) is 0 Å². The third-order valence-electron chi connectivity index (χ3n) is 3.18. The molecule has 1 fully saturated rings. The predicted molar refractivity (Wildman–Crippen MR) is 69.4 cm³/mol. The summed E-state index contributed by atoms with van der Waals surface area (Å²) in [6, 6.07) is 1.55. The Morgan fingerprint density at radius 3 is 2.78 bits per heavy atom. The first-order valence-corrected chi connectivity index (χ1v) is 6.34. The minimum Gasteiger partial charge on any atom is -0.397 e. The molecular formula is C12H16ClN3O2. The van der Waals surface area contributed by atoms with E-state index in [-0.39, 0.29) is 23.2 Å². The number of nitrogens with two attached hydrogens (primary N) is 1. The fourth-order valence-corrected chi connectivity index (χ4v) is 2.28. The van der Waals surface area contributed by atoms with Crippen molar-refractivity contribution in [2.24, 2.45) is 0 Å². The number of aromatic nitrogens is 1. The highest BCUT2D eigenvalue weighted by atomic mass is 35.5. The zero-order valence-corrected chi connectivity index (χ0v) is 10.7. The molecule has 4 N–H and O–H groups in total. The van der Waals surface area contributed by atoms with Gasteiger partial charge in [-0.15, -0.1) is 0 Å². The summed E-state index contributed by atoms with van der Waals surface area (Å²) in [5.74, 6) is -0.238. The number of aliphatic hydroxyl groups is 1. The minimum absolute atomic E-state index is 0.0900. The summed E-state index contributed by atoms with van der Waals surface area (Å²) in [6.45, 7) is 0. The Morgan fingerprint density at radius 2 is 2.11 bits per heavy atom. The van der Waals surface area contributed by atoms with Gasteiger partial charge in [-0.25, -0.2) is 4.98 Å². The van der Waals surface area contributed by atoms with Crippen LogP contribution in [0.1, 0.15) is 36.0 Å². The summed E-state index contributed by atoms with van der Waals surface area (Å²) < 4.78 is 0. The molecule has 18 heavy (non-hydrogen) atoms. The quantitative estimate of drug-likeness (QED) is 0.707. The number of hydrogen-bond donors (Lipinski definition) is 3. The molecule has 6 heteroatoms. The van der Waals surface area contributed by atoms with Crippen molar-refractivity contribution in [2.45, 2.75) is 37.8 Å². The zero-order chi connectivity index (χ0) is 13.1. The van der Waals surface area contributed by atoms with E-state index in [2.05, 4.69) is 10.3 Å². The van der Waals surface area contributed by atoms with Gasteiger partial charge in [-0.1, -0.05) is 11.6 Å². The van der Waals surface area contributed by atoms with Crippen molar-refractivity contribution in [3.8, 4) is 0 Å². The maximum absolute atomic E-state index is 12.0. The lowest BCUT2D eigenvalue weighted by molar-refractivity contribution is 0.0868. The molecule has 2 rings (SSSR count). The van der Waals surface area contributed by atoms with E-state index in [0.717, 1.165) is 25.7 Å². The van der Waals surface area contributed by atoms with Gasteiger partial charge in [0.25, 0.3) is 5.91 Å². The van der Waals surface area contributed by atoms with E-state index < -0.39 is 0 Å². The Hall–Kier alpha value is -1.33. The van der Waals surface area contributed by atoms with Crippen LogP contribution in [0, 0.1) is 0 Å². The molecule has 0 spiro atoms. The number of hydrogen-bond acceptors (Lipinski definition) is 4. The van der Waals surface area contributed by atoms with E-state index in [1.165, 1.54) is 12.3 Å². The smallest absolute Gasteiger partial charge is 0.253 e. The van der Waals surface area contributed by atoms with Crippen LogP contribution in [0.4, 0.5) is 5.69 Å². The summed E-state index contributed by atoms with van der Waals surface area (Å²) in [5, 5.41) is 12.6. The first-order valence-electron chi connectivity index (χ1n) is 5.96. The van der Waals surface area contributed by atoms with Crippen molar-refractivity contribution >= 4 is 23.2 Å². The summed E-state index contributed by atoms with van der Waals surface area (Å²) in [7, 11) is 0. The van der Waals surface area contributed by atoms with Crippen LogP contribution in [0.25, 0.3) is 0 Å². The number of nitrogen functional groups attached to an aromatic ring is 1. The summed E-state index contributed by atoms with van der Waals surface area (Å²) in [4.78, 5) is 15.8. The number of halogens is 1. The number of aliphatic hydroxyl groups excluding tert-OH is 1. The van der Waals surface area contributed by atoms with Gasteiger partial charge in [0.05, 0.1) is 23.6 Å². The number of nitrogens with one attached hydrogen (secondary N) is 1. The van der Waals surface area contributed by atoms with Crippen LogP contribution in [0.2, 0.25) is 5.15 Å². The fourth-order valence-electron chi connectivity index (χ4n) is 2.12. The molecule has 0 saturated heterocycles. The molecular weight excluding hydrogens is 254 g/mol. The van der Waals surface area contributed by atoms with Crippen LogP contribution < -0.4 is 11.1 Å². The Balaban J connectivity index is 2.01. The highest BCUT2D eigenvalue weighted by molar-refractivity contribution is 6.29. The van der Waals surface area contributed by atoms with Gasteiger partial charge >= 0.3 is 0 Å². The van der Waals surface area contributed by atoms with Crippen LogP contribution in [0.3, 0.4) is 0 Å². The molecule has 1 aromatic heterocycles. The SMILES string of the molecule is Nc1cnc(Cl)cc1C(=O)NC1CCC(O)CC1. The van der Waals surface area contributed by atoms with Gasteiger partial charge in [-0.2, -0.15) is 0 Å². The van der Waals surface area contributed by atoms with Crippen LogP contribution in [0.15, 0.2) is 12.3 Å². The molecule has 0 atom stereocenters. The van der Waals surface area contributed by atoms with Gasteiger partial charge in [-0.05, 0) is 31.7 Å². The highest BCUT2D eigenvalue weighted by Crippen LogP contribution is 2.20. The van der Waals surface area contributed by atoms with Gasteiger partial charge in [-0.3, -0.25) is 4.79 Å². The second-order valence-electron chi connectivity index (χ2n) is 4.57. The van der Waals surface area contributed by atoms with Crippen molar-refractivity contribution < 1.29 is 9.90 Å². The van der Waals surface area contributed by atoms with E-state index in [1.807, 2.05) is 0 Å². The Labute approximate surface area is 110 Å². The van der Waals surface area contributed by atoms with Gasteiger partial charge in [0, 0.05) is 6.04 Å². The van der Waals surface area contributed by atoms with E-state index >= 15 is 0 Å². The number of nitrogens with zero attached hydrogens (tertiary/aromatic N) is 1. The Bertz CT molecular complexity index is 445. The largest absolute Gasteiger partial charge is 0.397 e. The monoisotopic (exact) mass is 269 g/mol. The molecule has 0 bridgehead atoms. The molecule has 1 heterocycles. The Morgan fingerprint density at radius 1 is 1.44 bits per heavy atom. The van der Waals surface area contributed by atoms with Gasteiger partial charge in [0.1, 0.15) is 5.15 Å². The van der Waals surface area contributed by atoms with Gasteiger partial charge < -0.3 is 16.2 Å². The summed E-state index contributed by atoms with van der Waals surface area (Å²) in [6.07, 6.45) is 4.15. The molecule has 1 amide bonds. The lowest BCUT2D eigenvalue weighted by Crippen LogP contribution is -2.38. The predicted octanol–water partition coefficient (Wildman–Crippen LogP) is 1.35. The molecule has 98 valence electrons. The summed E-state index contributed by atoms with van der Waals surface area (Å²) >= 11 is 5.74. The molecule has 5 nitrogen and oxygen atoms in total. The van der Waals surface area contributed by atoms with Crippen molar-refractivity contribution in [3.63, 3.8) is 0 Å². The maximum atomic E-state index is 12.0. The number of anilines is 1. The standard InChI is InChI=1S/C12H16ClN3O2/c13-11-5-9(10(14)6-15-11)12(18)16-7-1-3-8(17)4-2-7/h5-8,17H,1-4,14H2,(H,16,18). The molecule has 0 aliphatic heterocycles. The van der Waals surface area contributed by atoms with Crippen molar-refractivity contribution in [1.29, 1.82) is 0 Å². The van der Waals surface area contributed by atoms with E-state index in [1.54, 1.807) is 0 Å². The minimum atomic E-state index is -0.238. The number of pyridine rings is 1. The Kier molecular flexibility index (Phi) is 4.04. The van der Waals surface area contributed by atoms with E-state index in [9.17, 15) is 9.90 Å². The first-order chi connectivity index (χ1) is 8.56. The van der Waals surface area contributed by atoms with Crippen LogP contribution in [-0.2, 0) is 0 Å². The third kappa shape index (κ3) is 3.11. The third-order valence-corrected chi connectivity index (χ3v) is 3.38. The highest BCUT2D eigenvalue weighted by Gasteiger charge is 2.22. The molecule has 0 unspecified atom stereocenters. The normalized spacial score (nSPS) is 23.7. The second kappa shape index (κ2) is 5.54. The molecule has 0 radical (unpaired) electrons. The average Bonchev–Trinajstić information content (AvgIpc) is 2.35. The molecule has 1 saturated carbocycles. The number of carbonyl (C=O) groups excluding carboxylic acids is 1. The summed E-state index contributed by atoms with van der Waals surface area (Å²) in [5.41, 5.74) is 6.36. The maximum Gasteiger partial charge on any atom is 0.253 e. The van der Waals surface area contributed by atoms with Crippen molar-refractivity contribution in [3.05, 3.63) is 23.0 Å². The van der Waals surface area contributed by atoms with E-state index in [4.69, 9.17) is 17.3 Å². The lowest BCUT2D eigenvalue weighted by Gasteiger charge is -2.26. The topological polar surface area (TPSA) is 88.2 Å². The average molecular weight is 270 g/mol. The fraction of sp³-hybridized carbons (Fsp3) is 0.500.